The van der Waals surface area contributed by atoms with Crippen molar-refractivity contribution in [1.29, 1.82) is 0 Å². The van der Waals surface area contributed by atoms with Gasteiger partial charge in [-0.3, -0.25) is 14.4 Å². The molecule has 0 fully saturated rings. The molecule has 0 radical (unpaired) electrons. The first kappa shape index (κ1) is 33.7. The van der Waals surface area contributed by atoms with E-state index in [4.69, 9.17) is 27.9 Å². The van der Waals surface area contributed by atoms with Gasteiger partial charge in [-0.25, -0.2) is 4.98 Å². The van der Waals surface area contributed by atoms with E-state index < -0.39 is 17.1 Å². The summed E-state index contributed by atoms with van der Waals surface area (Å²) in [6.45, 7) is 1.79. The minimum absolute atomic E-state index is 0.0542. The lowest BCUT2D eigenvalue weighted by Crippen LogP contribution is -2.30. The van der Waals surface area contributed by atoms with Crippen molar-refractivity contribution in [3.05, 3.63) is 129 Å². The van der Waals surface area contributed by atoms with E-state index in [0.717, 1.165) is 10.5 Å². The van der Waals surface area contributed by atoms with Gasteiger partial charge in [0.15, 0.2) is 5.13 Å². The van der Waals surface area contributed by atoms with Gasteiger partial charge in [0.05, 0.1) is 28.1 Å². The molecule has 1 atom stereocenters. The number of ether oxygens (including phenoxy) is 1. The first-order chi connectivity index (χ1) is 22.7. The van der Waals surface area contributed by atoms with Crippen molar-refractivity contribution in [1.82, 2.24) is 10.3 Å². The SMILES string of the molecule is COc1ccc(/C=C(/NC(=O)c2ccccc2)C(=O)Nc2cccc(SC(C)C(=O)Nc3nc(-c4ccc(Cl)c(Cl)c4)cs3)c2)cc1. The van der Waals surface area contributed by atoms with E-state index in [9.17, 15) is 14.4 Å². The van der Waals surface area contributed by atoms with Crippen LogP contribution in [-0.4, -0.2) is 35.1 Å². The molecule has 0 saturated carbocycles. The molecule has 238 valence electrons. The predicted octanol–water partition coefficient (Wildman–Crippen LogP) is 8.65. The molecule has 1 unspecified atom stereocenters. The second-order valence-electron chi connectivity index (χ2n) is 10.0. The van der Waals surface area contributed by atoms with Gasteiger partial charge in [-0.05, 0) is 73.2 Å². The third-order valence-electron chi connectivity index (χ3n) is 6.68. The number of amides is 3. The molecule has 0 aliphatic carbocycles. The van der Waals surface area contributed by atoms with Gasteiger partial charge in [0.1, 0.15) is 11.4 Å². The fourth-order valence-electron chi connectivity index (χ4n) is 4.24. The summed E-state index contributed by atoms with van der Waals surface area (Å²) >= 11 is 14.8. The number of halogens is 2. The standard InChI is InChI=1S/C35H28Cl2N4O4S2/c1-21(32(42)41-35-40-31(20-46-35)24-13-16-28(36)29(37)18-24)47-27-10-6-9-25(19-27)38-34(44)30(17-22-11-14-26(45-2)15-12-22)39-33(43)23-7-4-3-5-8-23/h3-21H,1-2H3,(H,38,44)(H,39,43)(H,40,41,42)/b30-17+. The van der Waals surface area contributed by atoms with Crippen molar-refractivity contribution >= 4 is 80.9 Å². The van der Waals surface area contributed by atoms with Crippen LogP contribution >= 0.6 is 46.3 Å². The van der Waals surface area contributed by atoms with Crippen molar-refractivity contribution in [3.63, 3.8) is 0 Å². The second kappa shape index (κ2) is 15.8. The van der Waals surface area contributed by atoms with Crippen LogP contribution in [0, 0.1) is 0 Å². The molecule has 0 bridgehead atoms. The van der Waals surface area contributed by atoms with Gasteiger partial charge in [0.25, 0.3) is 11.8 Å². The van der Waals surface area contributed by atoms with Crippen LogP contribution in [0.15, 0.2) is 113 Å². The average molecular weight is 704 g/mol. The maximum Gasteiger partial charge on any atom is 0.272 e. The molecule has 0 spiro atoms. The quantitative estimate of drug-likeness (QED) is 0.0939. The zero-order valence-electron chi connectivity index (χ0n) is 25.1. The average Bonchev–Trinajstić information content (AvgIpc) is 3.55. The monoisotopic (exact) mass is 702 g/mol. The predicted molar refractivity (Wildman–Crippen MR) is 191 cm³/mol. The maximum absolute atomic E-state index is 13.5. The van der Waals surface area contributed by atoms with Crippen LogP contribution in [0.3, 0.4) is 0 Å². The third kappa shape index (κ3) is 9.24. The highest BCUT2D eigenvalue weighted by molar-refractivity contribution is 8.00. The first-order valence-electron chi connectivity index (χ1n) is 14.2. The summed E-state index contributed by atoms with van der Waals surface area (Å²) in [5.41, 5.74) is 3.12. The maximum atomic E-state index is 13.5. The molecule has 0 saturated heterocycles. The number of benzene rings is 4. The highest BCUT2D eigenvalue weighted by Crippen LogP contribution is 2.31. The molecule has 12 heteroatoms. The number of carbonyl (C=O) groups is 3. The van der Waals surface area contributed by atoms with Gasteiger partial charge in [-0.1, -0.05) is 65.7 Å². The number of thioether (sulfide) groups is 1. The lowest BCUT2D eigenvalue weighted by Gasteiger charge is -2.14. The number of carbonyl (C=O) groups excluding carboxylic acids is 3. The van der Waals surface area contributed by atoms with Crippen molar-refractivity contribution in [2.24, 2.45) is 0 Å². The van der Waals surface area contributed by atoms with Crippen LogP contribution in [0.5, 0.6) is 5.75 Å². The number of hydrogen-bond donors (Lipinski definition) is 3. The molecule has 47 heavy (non-hydrogen) atoms. The molecular formula is C35H28Cl2N4O4S2. The number of methoxy groups -OCH3 is 1. The first-order valence-corrected chi connectivity index (χ1v) is 16.7. The van der Waals surface area contributed by atoms with Crippen LogP contribution < -0.4 is 20.7 Å². The Labute approximate surface area is 290 Å². The zero-order valence-corrected chi connectivity index (χ0v) is 28.3. The largest absolute Gasteiger partial charge is 0.497 e. The summed E-state index contributed by atoms with van der Waals surface area (Å²) in [7, 11) is 1.57. The van der Waals surface area contributed by atoms with Gasteiger partial charge in [0.2, 0.25) is 5.91 Å². The highest BCUT2D eigenvalue weighted by atomic mass is 35.5. The van der Waals surface area contributed by atoms with E-state index in [1.165, 1.54) is 23.1 Å². The van der Waals surface area contributed by atoms with Crippen molar-refractivity contribution in [2.75, 3.05) is 17.7 Å². The lowest BCUT2D eigenvalue weighted by atomic mass is 10.1. The highest BCUT2D eigenvalue weighted by Gasteiger charge is 2.19. The van der Waals surface area contributed by atoms with E-state index in [1.54, 1.807) is 99.0 Å². The Morgan fingerprint density at radius 2 is 1.66 bits per heavy atom. The summed E-state index contributed by atoms with van der Waals surface area (Å²) in [4.78, 5) is 44.7. The van der Waals surface area contributed by atoms with E-state index in [1.807, 2.05) is 23.6 Å². The van der Waals surface area contributed by atoms with Gasteiger partial charge in [-0.15, -0.1) is 23.1 Å². The fraction of sp³-hybridized carbons (Fsp3) is 0.0857. The Hall–Kier alpha value is -4.61. The fourth-order valence-corrected chi connectivity index (χ4v) is 6.19. The van der Waals surface area contributed by atoms with Crippen molar-refractivity contribution < 1.29 is 19.1 Å². The van der Waals surface area contributed by atoms with Crippen LogP contribution in [0.2, 0.25) is 10.0 Å². The molecule has 3 N–H and O–H groups in total. The summed E-state index contributed by atoms with van der Waals surface area (Å²) in [5, 5.41) is 11.2. The topological polar surface area (TPSA) is 109 Å². The Morgan fingerprint density at radius 1 is 0.894 bits per heavy atom. The number of rotatable bonds is 11. The van der Waals surface area contributed by atoms with Crippen molar-refractivity contribution in [2.45, 2.75) is 17.1 Å². The Balaban J connectivity index is 1.25. The summed E-state index contributed by atoms with van der Waals surface area (Å²) in [6.07, 6.45) is 1.59. The molecule has 3 amide bonds. The summed E-state index contributed by atoms with van der Waals surface area (Å²) < 4.78 is 5.22. The van der Waals surface area contributed by atoms with E-state index >= 15 is 0 Å². The number of nitrogens with zero attached hydrogens (tertiary/aromatic N) is 1. The van der Waals surface area contributed by atoms with Crippen molar-refractivity contribution in [3.8, 4) is 17.0 Å². The number of anilines is 2. The molecule has 8 nitrogen and oxygen atoms in total. The Bertz CT molecular complexity index is 1930. The number of nitrogens with one attached hydrogen (secondary N) is 3. The van der Waals surface area contributed by atoms with Crippen LogP contribution in [0.4, 0.5) is 10.8 Å². The van der Waals surface area contributed by atoms with Gasteiger partial charge in [-0.2, -0.15) is 0 Å². The Kier molecular flexibility index (Phi) is 11.3. The minimum atomic E-state index is -0.514. The zero-order chi connectivity index (χ0) is 33.3. The second-order valence-corrected chi connectivity index (χ2v) is 13.1. The number of thiazole rings is 1. The molecule has 0 aliphatic heterocycles. The molecular weight excluding hydrogens is 675 g/mol. The normalized spacial score (nSPS) is 11.8. The molecule has 1 aromatic heterocycles. The van der Waals surface area contributed by atoms with Gasteiger partial charge in [0, 0.05) is 27.1 Å². The molecule has 5 rings (SSSR count). The summed E-state index contributed by atoms with van der Waals surface area (Å²) in [6, 6.07) is 28.1. The minimum Gasteiger partial charge on any atom is -0.497 e. The summed E-state index contributed by atoms with van der Waals surface area (Å²) in [5.74, 6) is -0.500. The third-order valence-corrected chi connectivity index (χ3v) is 9.27. The van der Waals surface area contributed by atoms with E-state index in [-0.39, 0.29) is 11.6 Å². The smallest absolute Gasteiger partial charge is 0.272 e. The number of hydrogen-bond acceptors (Lipinski definition) is 7. The van der Waals surface area contributed by atoms with Crippen LogP contribution in [0.1, 0.15) is 22.8 Å². The molecule has 5 aromatic rings. The molecule has 4 aromatic carbocycles. The van der Waals surface area contributed by atoms with Gasteiger partial charge < -0.3 is 20.7 Å². The van der Waals surface area contributed by atoms with E-state index in [2.05, 4.69) is 20.9 Å². The van der Waals surface area contributed by atoms with E-state index in [0.29, 0.717) is 43.4 Å². The van der Waals surface area contributed by atoms with Gasteiger partial charge >= 0.3 is 0 Å². The number of aromatic nitrogens is 1. The Morgan fingerprint density at radius 3 is 2.38 bits per heavy atom. The van der Waals surface area contributed by atoms with Crippen LogP contribution in [-0.2, 0) is 9.59 Å². The lowest BCUT2D eigenvalue weighted by molar-refractivity contribution is -0.115. The van der Waals surface area contributed by atoms with Crippen LogP contribution in [0.25, 0.3) is 17.3 Å². The molecule has 1 heterocycles. The molecule has 0 aliphatic rings.